The minimum absolute atomic E-state index is 0.00395. The normalized spacial score (nSPS) is 13.5. The molecule has 26 heavy (non-hydrogen) atoms. The van der Waals surface area contributed by atoms with E-state index in [4.69, 9.17) is 13.9 Å². The van der Waals surface area contributed by atoms with Crippen molar-refractivity contribution >= 4 is 22.6 Å². The Morgan fingerprint density at radius 1 is 0.846 bits per heavy atom. The first-order valence-corrected chi connectivity index (χ1v) is 15.0. The standard InChI is InChI=1S/C20H36O4Si2/c1-19(2,3)25(7,8)23-17-13-11-16(12-14-17)15-18(21)22-24-26(9,10)20(4,5)6/h11-14H,15H2,1-10H3. The van der Waals surface area contributed by atoms with Crippen molar-refractivity contribution in [1.82, 2.24) is 0 Å². The monoisotopic (exact) mass is 396 g/mol. The molecule has 4 nitrogen and oxygen atoms in total. The first-order chi connectivity index (χ1) is 11.6. The van der Waals surface area contributed by atoms with Crippen molar-refractivity contribution in [1.29, 1.82) is 0 Å². The lowest BCUT2D eigenvalue weighted by Gasteiger charge is -2.36. The quantitative estimate of drug-likeness (QED) is 0.331. The Balaban J connectivity index is 2.64. The van der Waals surface area contributed by atoms with E-state index in [2.05, 4.69) is 54.6 Å². The third kappa shape index (κ3) is 6.25. The van der Waals surface area contributed by atoms with E-state index in [1.54, 1.807) is 0 Å². The highest BCUT2D eigenvalue weighted by Gasteiger charge is 2.40. The maximum atomic E-state index is 12.1. The highest BCUT2D eigenvalue weighted by atomic mass is 28.4. The maximum absolute atomic E-state index is 12.1. The van der Waals surface area contributed by atoms with Crippen LogP contribution in [0.4, 0.5) is 0 Å². The number of hydrogen-bond donors (Lipinski definition) is 0. The second-order valence-corrected chi connectivity index (χ2v) is 19.4. The fourth-order valence-corrected chi connectivity index (χ4v) is 3.18. The summed E-state index contributed by atoms with van der Waals surface area (Å²) in [6, 6.07) is 7.68. The first-order valence-electron chi connectivity index (χ1n) is 9.22. The molecule has 0 aliphatic carbocycles. The van der Waals surface area contributed by atoms with E-state index in [0.29, 0.717) is 0 Å². The summed E-state index contributed by atoms with van der Waals surface area (Å²) in [5, 5.41) is 0.145. The van der Waals surface area contributed by atoms with E-state index in [1.807, 2.05) is 37.4 Å². The zero-order valence-corrected chi connectivity index (χ0v) is 20.1. The lowest BCUT2D eigenvalue weighted by Crippen LogP contribution is -2.43. The van der Waals surface area contributed by atoms with E-state index in [1.165, 1.54) is 0 Å². The Labute approximate surface area is 161 Å². The number of carbonyl (C=O) groups excluding carboxylic acids is 1. The molecule has 0 heterocycles. The highest BCUT2D eigenvalue weighted by molar-refractivity contribution is 6.74. The molecule has 6 heteroatoms. The average molecular weight is 397 g/mol. The van der Waals surface area contributed by atoms with Gasteiger partial charge in [-0.15, -0.1) is 0 Å². The van der Waals surface area contributed by atoms with Gasteiger partial charge < -0.3 is 9.31 Å². The third-order valence-corrected chi connectivity index (χ3v) is 14.1. The number of hydrogen-bond acceptors (Lipinski definition) is 4. The molecule has 0 unspecified atom stereocenters. The first kappa shape index (κ1) is 22.9. The SMILES string of the molecule is CC(C)(C)[Si](C)(C)OOC(=O)Cc1ccc(O[Si](C)(C)C(C)(C)C)cc1. The van der Waals surface area contributed by atoms with Gasteiger partial charge in [0.1, 0.15) is 5.75 Å². The van der Waals surface area contributed by atoms with Crippen LogP contribution in [-0.2, 0) is 20.7 Å². The smallest absolute Gasteiger partial charge is 0.345 e. The molecule has 0 N–H and O–H groups in total. The summed E-state index contributed by atoms with van der Waals surface area (Å²) in [7, 11) is -3.95. The van der Waals surface area contributed by atoms with E-state index < -0.39 is 16.6 Å². The molecule has 0 amide bonds. The van der Waals surface area contributed by atoms with Crippen molar-refractivity contribution in [3.8, 4) is 5.75 Å². The van der Waals surface area contributed by atoms with Gasteiger partial charge in [0.05, 0.1) is 6.42 Å². The van der Waals surface area contributed by atoms with Crippen LogP contribution in [0, 0.1) is 0 Å². The van der Waals surface area contributed by atoms with Gasteiger partial charge in [0, 0.05) is 0 Å². The van der Waals surface area contributed by atoms with Crippen molar-refractivity contribution < 1.29 is 18.7 Å². The van der Waals surface area contributed by atoms with Crippen LogP contribution >= 0.6 is 0 Å². The summed E-state index contributed by atoms with van der Waals surface area (Å²) < 4.78 is 11.8. The molecule has 0 saturated carbocycles. The van der Waals surface area contributed by atoms with Crippen LogP contribution in [0.2, 0.25) is 36.3 Å². The fraction of sp³-hybridized carbons (Fsp3) is 0.650. The zero-order valence-electron chi connectivity index (χ0n) is 18.1. The summed E-state index contributed by atoms with van der Waals surface area (Å²) in [5.74, 6) is 0.485. The van der Waals surface area contributed by atoms with Crippen molar-refractivity contribution in [3.05, 3.63) is 29.8 Å². The molecular formula is C20H36O4Si2. The number of rotatable bonds is 6. The molecule has 1 aromatic carbocycles. The van der Waals surface area contributed by atoms with Gasteiger partial charge >= 0.3 is 5.97 Å². The van der Waals surface area contributed by atoms with E-state index in [9.17, 15) is 4.79 Å². The lowest BCUT2D eigenvalue weighted by atomic mass is 10.1. The molecule has 0 fully saturated rings. The number of benzene rings is 1. The van der Waals surface area contributed by atoms with Crippen molar-refractivity contribution in [2.45, 2.75) is 84.2 Å². The molecule has 1 rings (SSSR count). The lowest BCUT2D eigenvalue weighted by molar-refractivity contribution is -0.220. The van der Waals surface area contributed by atoms with Gasteiger partial charge in [0.15, 0.2) is 0 Å². The van der Waals surface area contributed by atoms with Crippen molar-refractivity contribution in [2.75, 3.05) is 0 Å². The van der Waals surface area contributed by atoms with Gasteiger partial charge in [0.25, 0.3) is 8.32 Å². The molecule has 0 radical (unpaired) electrons. The van der Waals surface area contributed by atoms with Gasteiger partial charge in [0.2, 0.25) is 8.32 Å². The van der Waals surface area contributed by atoms with Gasteiger partial charge in [-0.05, 0) is 54.0 Å². The predicted molar refractivity (Wildman–Crippen MR) is 112 cm³/mol. The minimum atomic E-state index is -2.10. The summed E-state index contributed by atoms with van der Waals surface area (Å²) in [6.45, 7) is 21.5. The minimum Gasteiger partial charge on any atom is -0.544 e. The Bertz CT molecular complexity index is 608. The van der Waals surface area contributed by atoms with Crippen LogP contribution in [0.25, 0.3) is 0 Å². The average Bonchev–Trinajstić information content (AvgIpc) is 2.45. The second kappa shape index (κ2) is 7.86. The zero-order chi connectivity index (χ0) is 20.4. The van der Waals surface area contributed by atoms with E-state index in [-0.39, 0.29) is 22.5 Å². The summed E-state index contributed by atoms with van der Waals surface area (Å²) in [5.41, 5.74) is 0.886. The highest BCUT2D eigenvalue weighted by Crippen LogP contribution is 2.38. The van der Waals surface area contributed by atoms with Crippen LogP contribution in [0.3, 0.4) is 0 Å². The Kier molecular flexibility index (Phi) is 6.93. The Morgan fingerprint density at radius 2 is 1.31 bits per heavy atom. The molecule has 0 saturated heterocycles. The van der Waals surface area contributed by atoms with Gasteiger partial charge in [-0.1, -0.05) is 53.7 Å². The molecule has 1 aromatic rings. The maximum Gasteiger partial charge on any atom is 0.345 e. The van der Waals surface area contributed by atoms with E-state index >= 15 is 0 Å². The molecule has 0 aliphatic heterocycles. The summed E-state index contributed by atoms with van der Waals surface area (Å²) in [6.07, 6.45) is 0.189. The Hall–Kier alpha value is -1.12. The van der Waals surface area contributed by atoms with Crippen LogP contribution < -0.4 is 4.43 Å². The van der Waals surface area contributed by atoms with Gasteiger partial charge in [-0.25, -0.2) is 9.37 Å². The molecule has 148 valence electrons. The largest absolute Gasteiger partial charge is 0.544 e. The van der Waals surface area contributed by atoms with Crippen LogP contribution in [0.15, 0.2) is 24.3 Å². The second-order valence-electron chi connectivity index (χ2n) is 9.98. The van der Waals surface area contributed by atoms with Crippen molar-refractivity contribution in [2.24, 2.45) is 0 Å². The topological polar surface area (TPSA) is 44.8 Å². The predicted octanol–water partition coefficient (Wildman–Crippen LogP) is 6.09. The van der Waals surface area contributed by atoms with Gasteiger partial charge in [-0.3, -0.25) is 0 Å². The summed E-state index contributed by atoms with van der Waals surface area (Å²) in [4.78, 5) is 17.2. The summed E-state index contributed by atoms with van der Waals surface area (Å²) >= 11 is 0. The van der Waals surface area contributed by atoms with Crippen molar-refractivity contribution in [3.63, 3.8) is 0 Å². The third-order valence-electron chi connectivity index (χ3n) is 5.60. The van der Waals surface area contributed by atoms with E-state index in [0.717, 1.165) is 11.3 Å². The van der Waals surface area contributed by atoms with Crippen LogP contribution in [0.5, 0.6) is 5.75 Å². The molecule has 0 atom stereocenters. The Morgan fingerprint density at radius 3 is 1.73 bits per heavy atom. The molecule has 0 spiro atoms. The molecule has 0 aliphatic rings. The molecule has 0 bridgehead atoms. The molecular weight excluding hydrogens is 360 g/mol. The molecule has 0 aromatic heterocycles. The van der Waals surface area contributed by atoms with Crippen LogP contribution in [-0.4, -0.2) is 22.6 Å². The van der Waals surface area contributed by atoms with Gasteiger partial charge in [-0.2, -0.15) is 0 Å². The fourth-order valence-electron chi connectivity index (χ4n) is 1.59. The van der Waals surface area contributed by atoms with Crippen LogP contribution in [0.1, 0.15) is 47.1 Å². The number of carbonyl (C=O) groups is 1.